The number of nitrogens with one attached hydrogen (secondary N) is 1. The van der Waals surface area contributed by atoms with Gasteiger partial charge in [-0.25, -0.2) is 18.4 Å². The molecule has 4 rings (SSSR count). The molecule has 2 aromatic rings. The zero-order valence-corrected chi connectivity index (χ0v) is 16.1. The number of methoxy groups -OCH3 is 1. The molecule has 28 heavy (non-hydrogen) atoms. The van der Waals surface area contributed by atoms with Crippen LogP contribution in [0.1, 0.15) is 11.3 Å². The highest BCUT2D eigenvalue weighted by molar-refractivity contribution is 7.90. The Hall–Kier alpha value is -2.95. The zero-order chi connectivity index (χ0) is 20.1. The van der Waals surface area contributed by atoms with Crippen LogP contribution in [0.25, 0.3) is 0 Å². The fraction of sp³-hybridized carbons (Fsp3) is 0.353. The maximum Gasteiger partial charge on any atom is 0.255 e. The number of halogens is 1. The molecule has 1 fully saturated rings. The molecule has 3 heterocycles. The van der Waals surface area contributed by atoms with Crippen molar-refractivity contribution in [3.63, 3.8) is 0 Å². The van der Waals surface area contributed by atoms with Gasteiger partial charge in [-0.15, -0.1) is 0 Å². The van der Waals surface area contributed by atoms with Gasteiger partial charge in [0.2, 0.25) is 27.7 Å². The van der Waals surface area contributed by atoms with Gasteiger partial charge in [0.1, 0.15) is 10.8 Å². The molecular weight excluding hydrogens is 387 g/mol. The lowest BCUT2D eigenvalue weighted by Gasteiger charge is -2.34. The van der Waals surface area contributed by atoms with E-state index in [1.807, 2.05) is 30.3 Å². The number of anilines is 1. The van der Waals surface area contributed by atoms with Crippen LogP contribution in [0.2, 0.25) is 0 Å². The van der Waals surface area contributed by atoms with Crippen molar-refractivity contribution in [2.45, 2.75) is 17.7 Å². The lowest BCUT2D eigenvalue weighted by Crippen LogP contribution is -2.56. The van der Waals surface area contributed by atoms with Crippen molar-refractivity contribution >= 4 is 21.9 Å². The van der Waals surface area contributed by atoms with Crippen LogP contribution in [0.5, 0.6) is 5.88 Å². The summed E-state index contributed by atoms with van der Waals surface area (Å²) >= 11 is 0. The Kier molecular flexibility index (Phi) is 4.14. The first kappa shape index (κ1) is 18.4. The summed E-state index contributed by atoms with van der Waals surface area (Å²) in [6.07, 6.45) is 0. The lowest BCUT2D eigenvalue weighted by molar-refractivity contribution is 0.365. The largest absolute Gasteiger partial charge is 0.479 e. The van der Waals surface area contributed by atoms with Gasteiger partial charge in [-0.3, -0.25) is 4.72 Å². The average molecular weight is 406 g/mol. The molecular formula is C17H19FN6O3S. The van der Waals surface area contributed by atoms with Gasteiger partial charge in [-0.1, -0.05) is 30.3 Å². The van der Waals surface area contributed by atoms with E-state index < -0.39 is 26.6 Å². The average Bonchev–Trinajstić information content (AvgIpc) is 3.06. The molecule has 0 spiro atoms. The van der Waals surface area contributed by atoms with E-state index in [1.165, 1.54) is 14.0 Å². The number of nitrogens with zero attached hydrogens (tertiary/aromatic N) is 4. The third kappa shape index (κ3) is 2.73. The predicted molar refractivity (Wildman–Crippen MR) is 101 cm³/mol. The number of guanidine groups is 1. The maximum absolute atomic E-state index is 14.1. The molecule has 11 heteroatoms. The quantitative estimate of drug-likeness (QED) is 0.750. The topological polar surface area (TPSA) is 123 Å². The van der Waals surface area contributed by atoms with Crippen LogP contribution in [0, 0.1) is 12.7 Å². The minimum Gasteiger partial charge on any atom is -0.479 e. The van der Waals surface area contributed by atoms with Gasteiger partial charge < -0.3 is 15.4 Å². The van der Waals surface area contributed by atoms with Crippen molar-refractivity contribution in [2.75, 3.05) is 25.1 Å². The third-order valence-electron chi connectivity index (χ3n) is 5.02. The van der Waals surface area contributed by atoms with Gasteiger partial charge in [0.15, 0.2) is 0 Å². The lowest BCUT2D eigenvalue weighted by atomic mass is 9.89. The number of fused-ring (bicyclic) bond motifs is 1. The van der Waals surface area contributed by atoms with E-state index in [4.69, 9.17) is 10.5 Å². The van der Waals surface area contributed by atoms with Crippen molar-refractivity contribution in [3.8, 4) is 5.88 Å². The van der Waals surface area contributed by atoms with Crippen LogP contribution in [-0.4, -0.2) is 49.8 Å². The van der Waals surface area contributed by atoms with E-state index >= 15 is 0 Å². The number of hydrogen-bond acceptors (Lipinski definition) is 8. The molecule has 2 aliphatic rings. The number of ether oxygens (including phenoxy) is 1. The summed E-state index contributed by atoms with van der Waals surface area (Å²) in [5.41, 5.74) is 5.49. The summed E-state index contributed by atoms with van der Waals surface area (Å²) in [4.78, 5) is 14.4. The monoisotopic (exact) mass is 406 g/mol. The number of sulfonamides is 1. The van der Waals surface area contributed by atoms with Crippen LogP contribution >= 0.6 is 0 Å². The van der Waals surface area contributed by atoms with Gasteiger partial charge >= 0.3 is 0 Å². The van der Waals surface area contributed by atoms with E-state index in [1.54, 1.807) is 4.90 Å². The summed E-state index contributed by atoms with van der Waals surface area (Å²) < 4.78 is 47.0. The van der Waals surface area contributed by atoms with Gasteiger partial charge in [-0.2, -0.15) is 9.37 Å². The molecule has 3 N–H and O–H groups in total. The first-order valence-electron chi connectivity index (χ1n) is 8.52. The Bertz CT molecular complexity index is 1060. The highest BCUT2D eigenvalue weighted by atomic mass is 32.2. The molecule has 0 aliphatic carbocycles. The fourth-order valence-corrected chi connectivity index (χ4v) is 5.37. The molecule has 2 aliphatic heterocycles. The number of aromatic nitrogens is 2. The highest BCUT2D eigenvalue weighted by Crippen LogP contribution is 2.42. The van der Waals surface area contributed by atoms with E-state index in [9.17, 15) is 12.8 Å². The van der Waals surface area contributed by atoms with E-state index in [2.05, 4.69) is 19.7 Å². The summed E-state index contributed by atoms with van der Waals surface area (Å²) in [6, 6.07) is 9.08. The summed E-state index contributed by atoms with van der Waals surface area (Å²) in [5.74, 6) is -0.854. The van der Waals surface area contributed by atoms with Crippen molar-refractivity contribution < 1.29 is 17.5 Å². The number of aliphatic imine (C=N–C) groups is 1. The number of aryl methyl sites for hydroxylation is 1. The van der Waals surface area contributed by atoms with Gasteiger partial charge in [0.05, 0.1) is 19.3 Å². The van der Waals surface area contributed by atoms with Crippen LogP contribution in [-0.2, 0) is 15.6 Å². The molecule has 0 radical (unpaired) electrons. The number of hydrogen-bond donors (Lipinski definition) is 2. The minimum atomic E-state index is -3.80. The van der Waals surface area contributed by atoms with Gasteiger partial charge in [0.25, 0.3) is 5.88 Å². The summed E-state index contributed by atoms with van der Waals surface area (Å²) in [5, 5.41) is -0.922. The normalized spacial score (nSPS) is 25.6. The van der Waals surface area contributed by atoms with Crippen molar-refractivity contribution in [2.24, 2.45) is 10.7 Å². The van der Waals surface area contributed by atoms with Crippen LogP contribution in [0.15, 0.2) is 35.3 Å². The molecule has 1 saturated heterocycles. The first-order chi connectivity index (χ1) is 13.3. The predicted octanol–water partition coefficient (Wildman–Crippen LogP) is 0.265. The Labute approximate surface area is 161 Å². The Balaban J connectivity index is 1.86. The van der Waals surface area contributed by atoms with Crippen molar-refractivity contribution in [1.82, 2.24) is 14.7 Å². The number of benzene rings is 1. The fourth-order valence-electron chi connectivity index (χ4n) is 3.74. The Morgan fingerprint density at radius 1 is 1.32 bits per heavy atom. The van der Waals surface area contributed by atoms with E-state index in [0.717, 1.165) is 0 Å². The van der Waals surface area contributed by atoms with E-state index in [0.29, 0.717) is 5.56 Å². The Morgan fingerprint density at radius 2 is 2.04 bits per heavy atom. The van der Waals surface area contributed by atoms with E-state index in [-0.39, 0.29) is 36.6 Å². The zero-order valence-electron chi connectivity index (χ0n) is 15.3. The van der Waals surface area contributed by atoms with Gasteiger partial charge in [0, 0.05) is 6.54 Å². The number of rotatable bonds is 3. The molecule has 2 atom stereocenters. The smallest absolute Gasteiger partial charge is 0.255 e. The molecule has 9 nitrogen and oxygen atoms in total. The molecule has 1 aromatic carbocycles. The second-order valence-corrected chi connectivity index (χ2v) is 8.60. The second-order valence-electron chi connectivity index (χ2n) is 6.74. The first-order valence-corrected chi connectivity index (χ1v) is 10.1. The molecule has 0 saturated carbocycles. The molecule has 148 valence electrons. The molecule has 1 aromatic heterocycles. The van der Waals surface area contributed by atoms with Crippen LogP contribution in [0.3, 0.4) is 0 Å². The number of nitrogens with two attached hydrogens (primary N) is 1. The SMILES string of the molecule is COc1nc(N2CC3[C@](c4ccccc4)(C2)N=C(N)NS3(=O)=O)nc(C)c1F. The second kappa shape index (κ2) is 6.30. The van der Waals surface area contributed by atoms with Gasteiger partial charge in [-0.05, 0) is 12.5 Å². The van der Waals surface area contributed by atoms with Crippen molar-refractivity contribution in [1.29, 1.82) is 0 Å². The summed E-state index contributed by atoms with van der Waals surface area (Å²) in [7, 11) is -2.49. The minimum absolute atomic E-state index is 0.0647. The molecule has 0 amide bonds. The molecule has 0 bridgehead atoms. The highest BCUT2D eigenvalue weighted by Gasteiger charge is 2.57. The van der Waals surface area contributed by atoms with Crippen LogP contribution in [0.4, 0.5) is 10.3 Å². The Morgan fingerprint density at radius 3 is 2.71 bits per heavy atom. The third-order valence-corrected chi connectivity index (χ3v) is 6.80. The van der Waals surface area contributed by atoms with Crippen molar-refractivity contribution in [3.05, 3.63) is 47.4 Å². The standard InChI is InChI=1S/C17H19FN6O3S/c1-10-13(18)14(27-2)21-16(20-10)24-8-12-17(9-24,11-6-4-3-5-7-11)22-15(19)23-28(12,25)26/h3-7,12H,8-9H2,1-2H3,(H3,19,22,23)/t12?,17-/m1/s1. The maximum atomic E-state index is 14.1. The van der Waals surface area contributed by atoms with Crippen LogP contribution < -0.4 is 20.1 Å². The summed E-state index contributed by atoms with van der Waals surface area (Å²) in [6.45, 7) is 1.72. The molecule has 1 unspecified atom stereocenters.